The fraction of sp³-hybridized carbons (Fsp3) is 0.409. The Bertz CT molecular complexity index is 920. The molecule has 166 valence electrons. The van der Waals surface area contributed by atoms with E-state index >= 15 is 0 Å². The minimum absolute atomic E-state index is 0.119. The van der Waals surface area contributed by atoms with Crippen molar-refractivity contribution in [1.29, 1.82) is 0 Å². The average Bonchev–Trinajstić information content (AvgIpc) is 3.30. The van der Waals surface area contributed by atoms with E-state index in [1.807, 2.05) is 24.1 Å². The Kier molecular flexibility index (Phi) is 7.64. The molecule has 0 aliphatic carbocycles. The van der Waals surface area contributed by atoms with Crippen LogP contribution in [0, 0.1) is 0 Å². The molecule has 1 aliphatic heterocycles. The molecule has 1 saturated heterocycles. The predicted octanol–water partition coefficient (Wildman–Crippen LogP) is 2.69. The molecule has 1 aromatic carbocycles. The number of nitrogens with one attached hydrogen (secondary N) is 1. The van der Waals surface area contributed by atoms with Crippen molar-refractivity contribution in [2.45, 2.75) is 13.8 Å². The van der Waals surface area contributed by atoms with Gasteiger partial charge < -0.3 is 20.2 Å². The number of carbonyl (C=O) groups is 3. The van der Waals surface area contributed by atoms with Gasteiger partial charge in [-0.05, 0) is 43.5 Å². The molecule has 0 unspecified atom stereocenters. The van der Waals surface area contributed by atoms with Crippen LogP contribution >= 0.6 is 11.3 Å². The van der Waals surface area contributed by atoms with Crippen LogP contribution in [0.25, 0.3) is 0 Å². The third-order valence-electron chi connectivity index (χ3n) is 5.42. The molecule has 8 nitrogen and oxygen atoms in total. The van der Waals surface area contributed by atoms with Gasteiger partial charge in [0.2, 0.25) is 5.91 Å². The normalized spacial score (nSPS) is 14.3. The van der Waals surface area contributed by atoms with Gasteiger partial charge in [0, 0.05) is 39.3 Å². The van der Waals surface area contributed by atoms with E-state index in [1.165, 1.54) is 17.4 Å². The molecule has 3 rings (SSSR count). The molecule has 0 spiro atoms. The van der Waals surface area contributed by atoms with Gasteiger partial charge in [-0.1, -0.05) is 6.07 Å². The van der Waals surface area contributed by atoms with Crippen molar-refractivity contribution in [2.75, 3.05) is 56.0 Å². The van der Waals surface area contributed by atoms with Crippen LogP contribution in [0.15, 0.2) is 35.7 Å². The van der Waals surface area contributed by atoms with E-state index in [-0.39, 0.29) is 17.4 Å². The van der Waals surface area contributed by atoms with Gasteiger partial charge in [0.25, 0.3) is 5.91 Å². The molecule has 1 fully saturated rings. The standard InChI is InChI=1S/C22H28N4O4S/c1-3-25(4-2)20(27)15-24-9-11-26(12-10-24)18-8-7-16(22(29)30)14-17(18)23-21(28)19-6-5-13-31-19/h5-8,13-14H,3-4,9-12,15H2,1-2H3,(H,23,28)(H,29,30). The van der Waals surface area contributed by atoms with Crippen LogP contribution in [0.3, 0.4) is 0 Å². The molecule has 1 aliphatic rings. The number of carbonyl (C=O) groups excluding carboxylic acids is 2. The zero-order valence-corrected chi connectivity index (χ0v) is 18.7. The zero-order valence-electron chi connectivity index (χ0n) is 17.8. The first-order valence-electron chi connectivity index (χ1n) is 10.4. The summed E-state index contributed by atoms with van der Waals surface area (Å²) >= 11 is 1.33. The van der Waals surface area contributed by atoms with Gasteiger partial charge in [0.1, 0.15) is 0 Å². The Labute approximate surface area is 186 Å². The Hall–Kier alpha value is -2.91. The molecular formula is C22H28N4O4S. The molecule has 2 heterocycles. The number of anilines is 2. The summed E-state index contributed by atoms with van der Waals surface area (Å²) < 4.78 is 0. The summed E-state index contributed by atoms with van der Waals surface area (Å²) in [5.41, 5.74) is 1.38. The number of piperazine rings is 1. The lowest BCUT2D eigenvalue weighted by atomic mass is 10.1. The van der Waals surface area contributed by atoms with E-state index in [0.29, 0.717) is 56.4 Å². The van der Waals surface area contributed by atoms with E-state index in [2.05, 4.69) is 15.1 Å². The van der Waals surface area contributed by atoms with Crippen LogP contribution in [0.2, 0.25) is 0 Å². The van der Waals surface area contributed by atoms with E-state index in [4.69, 9.17) is 0 Å². The maximum Gasteiger partial charge on any atom is 0.335 e. The number of nitrogens with zero attached hydrogens (tertiary/aromatic N) is 3. The lowest BCUT2D eigenvalue weighted by Crippen LogP contribution is -2.50. The first kappa shape index (κ1) is 22.8. The maximum absolute atomic E-state index is 12.6. The zero-order chi connectivity index (χ0) is 22.4. The van der Waals surface area contributed by atoms with E-state index in [1.54, 1.807) is 24.3 Å². The SMILES string of the molecule is CCN(CC)C(=O)CN1CCN(c2ccc(C(=O)O)cc2NC(=O)c2cccs2)CC1. The minimum atomic E-state index is -1.04. The molecule has 1 aromatic heterocycles. The highest BCUT2D eigenvalue weighted by molar-refractivity contribution is 7.12. The molecule has 0 bridgehead atoms. The number of likely N-dealkylation sites (N-methyl/N-ethyl adjacent to an activating group) is 1. The van der Waals surface area contributed by atoms with Gasteiger partial charge in [0.15, 0.2) is 0 Å². The first-order chi connectivity index (χ1) is 14.9. The molecule has 2 aromatic rings. The van der Waals surface area contributed by atoms with Gasteiger partial charge >= 0.3 is 5.97 Å². The summed E-state index contributed by atoms with van der Waals surface area (Å²) in [6, 6.07) is 8.32. The molecule has 0 atom stereocenters. The van der Waals surface area contributed by atoms with Crippen LogP contribution in [0.1, 0.15) is 33.9 Å². The Morgan fingerprint density at radius 3 is 2.39 bits per heavy atom. The summed E-state index contributed by atoms with van der Waals surface area (Å²) in [4.78, 5) is 43.0. The second kappa shape index (κ2) is 10.4. The summed E-state index contributed by atoms with van der Waals surface area (Å²) in [7, 11) is 0. The van der Waals surface area contributed by atoms with Crippen LogP contribution in [-0.4, -0.2) is 78.5 Å². The number of rotatable bonds is 8. The fourth-order valence-corrected chi connectivity index (χ4v) is 4.27. The van der Waals surface area contributed by atoms with Crippen LogP contribution in [0.4, 0.5) is 11.4 Å². The van der Waals surface area contributed by atoms with Crippen molar-refractivity contribution in [3.63, 3.8) is 0 Å². The van der Waals surface area contributed by atoms with Crippen molar-refractivity contribution in [2.24, 2.45) is 0 Å². The third kappa shape index (κ3) is 5.62. The summed E-state index contributed by atoms with van der Waals surface area (Å²) in [6.07, 6.45) is 0. The quantitative estimate of drug-likeness (QED) is 0.650. The minimum Gasteiger partial charge on any atom is -0.478 e. The number of aromatic carboxylic acids is 1. The van der Waals surface area contributed by atoms with Crippen LogP contribution < -0.4 is 10.2 Å². The number of carboxylic acids is 1. The monoisotopic (exact) mass is 444 g/mol. The van der Waals surface area contributed by atoms with E-state index < -0.39 is 5.97 Å². The number of benzene rings is 1. The average molecular weight is 445 g/mol. The number of amides is 2. The van der Waals surface area contributed by atoms with Gasteiger partial charge in [-0.15, -0.1) is 11.3 Å². The molecule has 0 saturated carbocycles. The van der Waals surface area contributed by atoms with Crippen molar-refractivity contribution in [3.8, 4) is 0 Å². The highest BCUT2D eigenvalue weighted by atomic mass is 32.1. The highest BCUT2D eigenvalue weighted by Gasteiger charge is 2.23. The van der Waals surface area contributed by atoms with Gasteiger partial charge in [-0.2, -0.15) is 0 Å². The van der Waals surface area contributed by atoms with Crippen molar-refractivity contribution < 1.29 is 19.5 Å². The van der Waals surface area contributed by atoms with E-state index in [9.17, 15) is 19.5 Å². The van der Waals surface area contributed by atoms with Gasteiger partial charge in [0.05, 0.1) is 28.4 Å². The van der Waals surface area contributed by atoms with Gasteiger partial charge in [-0.25, -0.2) is 4.79 Å². The molecule has 31 heavy (non-hydrogen) atoms. The summed E-state index contributed by atoms with van der Waals surface area (Å²) in [5.74, 6) is -1.17. The van der Waals surface area contributed by atoms with Crippen molar-refractivity contribution in [3.05, 3.63) is 46.2 Å². The van der Waals surface area contributed by atoms with Gasteiger partial charge in [-0.3, -0.25) is 14.5 Å². The Balaban J connectivity index is 1.71. The third-order valence-corrected chi connectivity index (χ3v) is 6.29. The second-order valence-electron chi connectivity index (χ2n) is 7.30. The molecule has 2 amide bonds. The molecule has 2 N–H and O–H groups in total. The summed E-state index contributed by atoms with van der Waals surface area (Å²) in [6.45, 7) is 8.56. The largest absolute Gasteiger partial charge is 0.478 e. The number of hydrogen-bond donors (Lipinski definition) is 2. The van der Waals surface area contributed by atoms with Crippen molar-refractivity contribution in [1.82, 2.24) is 9.80 Å². The maximum atomic E-state index is 12.6. The predicted molar refractivity (Wildman–Crippen MR) is 122 cm³/mol. The fourth-order valence-electron chi connectivity index (χ4n) is 3.65. The lowest BCUT2D eigenvalue weighted by molar-refractivity contribution is -0.132. The van der Waals surface area contributed by atoms with E-state index in [0.717, 1.165) is 5.69 Å². The lowest BCUT2D eigenvalue weighted by Gasteiger charge is -2.37. The second-order valence-corrected chi connectivity index (χ2v) is 8.25. The van der Waals surface area contributed by atoms with Crippen LogP contribution in [0.5, 0.6) is 0 Å². The molecule has 9 heteroatoms. The number of thiophene rings is 1. The molecule has 0 radical (unpaired) electrons. The Morgan fingerprint density at radius 1 is 1.10 bits per heavy atom. The summed E-state index contributed by atoms with van der Waals surface area (Å²) in [5, 5.41) is 14.1. The molecular weight excluding hydrogens is 416 g/mol. The smallest absolute Gasteiger partial charge is 0.335 e. The Morgan fingerprint density at radius 2 is 1.81 bits per heavy atom. The topological polar surface area (TPSA) is 93.2 Å². The number of carboxylic acid groups (broad SMARTS) is 1. The first-order valence-corrected chi connectivity index (χ1v) is 11.3. The van der Waals surface area contributed by atoms with Crippen molar-refractivity contribution >= 4 is 40.5 Å². The van der Waals surface area contributed by atoms with Crippen LogP contribution in [-0.2, 0) is 4.79 Å². The highest BCUT2D eigenvalue weighted by Crippen LogP contribution is 2.29. The number of hydrogen-bond acceptors (Lipinski definition) is 6.